The minimum Gasteiger partial charge on any atom is -0.324 e. The van der Waals surface area contributed by atoms with Crippen molar-refractivity contribution in [3.8, 4) is 0 Å². The Morgan fingerprint density at radius 3 is 2.21 bits per heavy atom. The Balaban J connectivity index is 2.32. The van der Waals surface area contributed by atoms with Gasteiger partial charge in [-0.3, -0.25) is 9.10 Å². The van der Waals surface area contributed by atoms with Crippen LogP contribution in [0.5, 0.6) is 0 Å². The Bertz CT molecular complexity index is 987. The standard InChI is InChI=1S/C18H18ClF3N2O3S/c1-11-5-4-6-12(2)17(11)24(28(3,26)27)10-16(25)23-13-7-8-15(19)14(9-13)18(20,21)22/h4-9H,10H2,1-3H3,(H,23,25). The summed E-state index contributed by atoms with van der Waals surface area (Å²) in [6.45, 7) is 2.81. The van der Waals surface area contributed by atoms with Gasteiger partial charge in [0.1, 0.15) is 6.54 Å². The molecule has 0 radical (unpaired) electrons. The Hall–Kier alpha value is -2.26. The fraction of sp³-hybridized carbons (Fsp3) is 0.278. The molecule has 0 fully saturated rings. The van der Waals surface area contributed by atoms with Gasteiger partial charge in [0.25, 0.3) is 0 Å². The Morgan fingerprint density at radius 1 is 1.14 bits per heavy atom. The maximum absolute atomic E-state index is 13.0. The molecule has 0 spiro atoms. The fourth-order valence-electron chi connectivity index (χ4n) is 2.71. The summed E-state index contributed by atoms with van der Waals surface area (Å²) in [6, 6.07) is 8.07. The van der Waals surface area contributed by atoms with E-state index in [4.69, 9.17) is 11.6 Å². The van der Waals surface area contributed by atoms with E-state index >= 15 is 0 Å². The first kappa shape index (κ1) is 22.0. The highest BCUT2D eigenvalue weighted by Crippen LogP contribution is 2.36. The molecule has 1 N–H and O–H groups in total. The Labute approximate surface area is 166 Å². The van der Waals surface area contributed by atoms with Crippen molar-refractivity contribution in [3.63, 3.8) is 0 Å². The predicted molar refractivity (Wildman–Crippen MR) is 103 cm³/mol. The van der Waals surface area contributed by atoms with Gasteiger partial charge in [0.05, 0.1) is 22.5 Å². The normalized spacial score (nSPS) is 12.0. The lowest BCUT2D eigenvalue weighted by atomic mass is 10.1. The molecule has 0 saturated heterocycles. The van der Waals surface area contributed by atoms with Crippen LogP contribution in [0.4, 0.5) is 24.5 Å². The zero-order valence-corrected chi connectivity index (χ0v) is 16.8. The number of hydrogen-bond acceptors (Lipinski definition) is 3. The van der Waals surface area contributed by atoms with Crippen LogP contribution in [0.25, 0.3) is 0 Å². The third-order valence-electron chi connectivity index (χ3n) is 3.93. The van der Waals surface area contributed by atoms with E-state index in [1.165, 1.54) is 6.07 Å². The summed E-state index contributed by atoms with van der Waals surface area (Å²) in [6.07, 6.45) is -3.73. The number of nitrogens with one attached hydrogen (secondary N) is 1. The first-order valence-electron chi connectivity index (χ1n) is 8.01. The van der Waals surface area contributed by atoms with Gasteiger partial charge in [0.15, 0.2) is 0 Å². The van der Waals surface area contributed by atoms with Gasteiger partial charge in [-0.05, 0) is 43.2 Å². The number of nitrogens with zero attached hydrogens (tertiary/aromatic N) is 1. The third-order valence-corrected chi connectivity index (χ3v) is 5.37. The Morgan fingerprint density at radius 2 is 1.71 bits per heavy atom. The van der Waals surface area contributed by atoms with Crippen LogP contribution in [0.3, 0.4) is 0 Å². The lowest BCUT2D eigenvalue weighted by Gasteiger charge is -2.25. The SMILES string of the molecule is Cc1cccc(C)c1N(CC(=O)Nc1ccc(Cl)c(C(F)(F)F)c1)S(C)(=O)=O. The predicted octanol–water partition coefficient (Wildman–Crippen LogP) is 4.38. The van der Waals surface area contributed by atoms with Crippen molar-refractivity contribution < 1.29 is 26.4 Å². The van der Waals surface area contributed by atoms with Crippen LogP contribution in [0.15, 0.2) is 36.4 Å². The molecule has 0 unspecified atom stereocenters. The monoisotopic (exact) mass is 434 g/mol. The molecule has 28 heavy (non-hydrogen) atoms. The third kappa shape index (κ3) is 5.17. The van der Waals surface area contributed by atoms with E-state index < -0.39 is 39.2 Å². The fourth-order valence-corrected chi connectivity index (χ4v) is 3.91. The molecule has 0 heterocycles. The number of alkyl halides is 3. The molecule has 0 saturated carbocycles. The van der Waals surface area contributed by atoms with Crippen molar-refractivity contribution in [2.24, 2.45) is 0 Å². The van der Waals surface area contributed by atoms with Crippen molar-refractivity contribution in [1.29, 1.82) is 0 Å². The quantitative estimate of drug-likeness (QED) is 0.759. The van der Waals surface area contributed by atoms with Crippen molar-refractivity contribution in [2.75, 3.05) is 22.4 Å². The number of sulfonamides is 1. The van der Waals surface area contributed by atoms with Gasteiger partial charge < -0.3 is 5.32 Å². The first-order valence-corrected chi connectivity index (χ1v) is 10.2. The second kappa shape index (κ2) is 8.00. The van der Waals surface area contributed by atoms with Crippen LogP contribution in [0.1, 0.15) is 16.7 Å². The smallest absolute Gasteiger partial charge is 0.324 e. The summed E-state index contributed by atoms with van der Waals surface area (Å²) < 4.78 is 64.3. The number of rotatable bonds is 5. The summed E-state index contributed by atoms with van der Waals surface area (Å²) >= 11 is 5.56. The number of para-hydroxylation sites is 1. The van der Waals surface area contributed by atoms with Crippen LogP contribution in [0.2, 0.25) is 5.02 Å². The molecule has 0 bridgehead atoms. The molecular weight excluding hydrogens is 417 g/mol. The van der Waals surface area contributed by atoms with E-state index in [9.17, 15) is 26.4 Å². The molecule has 1 amide bonds. The van der Waals surface area contributed by atoms with Crippen molar-refractivity contribution in [3.05, 3.63) is 58.1 Å². The number of aryl methyl sites for hydroxylation is 2. The van der Waals surface area contributed by atoms with E-state index in [2.05, 4.69) is 5.32 Å². The topological polar surface area (TPSA) is 66.5 Å². The van der Waals surface area contributed by atoms with E-state index in [-0.39, 0.29) is 5.69 Å². The number of amides is 1. The average molecular weight is 435 g/mol. The van der Waals surface area contributed by atoms with Crippen LogP contribution in [0, 0.1) is 13.8 Å². The number of anilines is 2. The second-order valence-electron chi connectivity index (χ2n) is 6.25. The van der Waals surface area contributed by atoms with Crippen LogP contribution < -0.4 is 9.62 Å². The summed E-state index contributed by atoms with van der Waals surface area (Å²) in [4.78, 5) is 12.4. The maximum Gasteiger partial charge on any atom is 0.417 e. The van der Waals surface area contributed by atoms with Gasteiger partial charge in [-0.15, -0.1) is 0 Å². The molecule has 5 nitrogen and oxygen atoms in total. The molecule has 0 aromatic heterocycles. The largest absolute Gasteiger partial charge is 0.417 e. The first-order chi connectivity index (χ1) is 12.8. The van der Waals surface area contributed by atoms with Gasteiger partial charge in [0.2, 0.25) is 15.9 Å². The summed E-state index contributed by atoms with van der Waals surface area (Å²) in [5.74, 6) is -0.788. The highest BCUT2D eigenvalue weighted by atomic mass is 35.5. The minimum absolute atomic E-state index is 0.142. The van der Waals surface area contributed by atoms with Crippen LogP contribution in [-0.2, 0) is 21.0 Å². The average Bonchev–Trinajstić information content (AvgIpc) is 2.53. The van der Waals surface area contributed by atoms with Crippen LogP contribution >= 0.6 is 11.6 Å². The summed E-state index contributed by atoms with van der Waals surface area (Å²) in [7, 11) is -3.82. The molecule has 0 aliphatic carbocycles. The molecule has 152 valence electrons. The highest BCUT2D eigenvalue weighted by molar-refractivity contribution is 7.92. The van der Waals surface area contributed by atoms with E-state index in [1.807, 2.05) is 0 Å². The number of benzene rings is 2. The molecule has 2 rings (SSSR count). The van der Waals surface area contributed by atoms with Crippen molar-refractivity contribution >= 4 is 38.9 Å². The minimum atomic E-state index is -4.69. The van der Waals surface area contributed by atoms with Crippen molar-refractivity contribution in [1.82, 2.24) is 0 Å². The van der Waals surface area contributed by atoms with E-state index in [1.54, 1.807) is 32.0 Å². The van der Waals surface area contributed by atoms with E-state index in [0.29, 0.717) is 22.9 Å². The summed E-state index contributed by atoms with van der Waals surface area (Å²) in [5.41, 5.74) is 0.402. The van der Waals surface area contributed by atoms with Gasteiger partial charge in [-0.25, -0.2) is 8.42 Å². The van der Waals surface area contributed by atoms with Gasteiger partial charge in [-0.2, -0.15) is 13.2 Å². The molecule has 2 aromatic carbocycles. The molecular formula is C18H18ClF3N2O3S. The zero-order valence-electron chi connectivity index (χ0n) is 15.3. The van der Waals surface area contributed by atoms with Gasteiger partial charge in [0, 0.05) is 5.69 Å². The number of carbonyl (C=O) groups is 1. The summed E-state index contributed by atoms with van der Waals surface area (Å²) in [5, 5.41) is 1.79. The lowest BCUT2D eigenvalue weighted by Crippen LogP contribution is -2.38. The molecule has 0 atom stereocenters. The number of halogens is 4. The van der Waals surface area contributed by atoms with Crippen molar-refractivity contribution in [2.45, 2.75) is 20.0 Å². The molecule has 0 aliphatic heterocycles. The highest BCUT2D eigenvalue weighted by Gasteiger charge is 2.33. The van der Waals surface area contributed by atoms with E-state index in [0.717, 1.165) is 16.6 Å². The van der Waals surface area contributed by atoms with Gasteiger partial charge >= 0.3 is 6.18 Å². The zero-order chi connectivity index (χ0) is 21.3. The van der Waals surface area contributed by atoms with Crippen LogP contribution in [-0.4, -0.2) is 27.1 Å². The molecule has 0 aliphatic rings. The molecule has 2 aromatic rings. The number of hydrogen-bond donors (Lipinski definition) is 1. The maximum atomic E-state index is 13.0. The lowest BCUT2D eigenvalue weighted by molar-refractivity contribution is -0.137. The Kier molecular flexibility index (Phi) is 6.30. The van der Waals surface area contributed by atoms with Gasteiger partial charge in [-0.1, -0.05) is 29.8 Å². The molecule has 10 heteroatoms. The number of carbonyl (C=O) groups excluding carboxylic acids is 1. The second-order valence-corrected chi connectivity index (χ2v) is 8.56.